The van der Waals surface area contributed by atoms with Crippen LogP contribution in [0.25, 0.3) is 0 Å². The van der Waals surface area contributed by atoms with Crippen LogP contribution in [0.3, 0.4) is 0 Å². The van der Waals surface area contributed by atoms with Crippen LogP contribution in [-0.2, 0) is 6.42 Å². The van der Waals surface area contributed by atoms with Gasteiger partial charge in [0.1, 0.15) is 11.6 Å². The second-order valence-electron chi connectivity index (χ2n) is 5.24. The first-order valence-corrected chi connectivity index (χ1v) is 6.91. The molecule has 0 radical (unpaired) electrons. The minimum atomic E-state index is -0.257. The predicted molar refractivity (Wildman–Crippen MR) is 82.6 cm³/mol. The second-order valence-corrected chi connectivity index (χ2v) is 5.24. The Balaban J connectivity index is 2.35. The number of nitrogens with two attached hydrogens (primary N) is 1. The normalized spacial score (nSPS) is 12.2. The van der Waals surface area contributed by atoms with Gasteiger partial charge in [0, 0.05) is 0 Å². The zero-order chi connectivity index (χ0) is 15.4. The van der Waals surface area contributed by atoms with E-state index < -0.39 is 0 Å². The maximum Gasteiger partial charge on any atom is 0.123 e. The third-order valence-electron chi connectivity index (χ3n) is 3.68. The first-order chi connectivity index (χ1) is 10.0. The van der Waals surface area contributed by atoms with Gasteiger partial charge < -0.3 is 4.74 Å². The van der Waals surface area contributed by atoms with Crippen LogP contribution < -0.4 is 16.0 Å². The molecular weight excluding hydrogens is 267 g/mol. The van der Waals surface area contributed by atoms with Crippen molar-refractivity contribution in [3.8, 4) is 5.75 Å². The fourth-order valence-corrected chi connectivity index (χ4v) is 2.53. The lowest BCUT2D eigenvalue weighted by atomic mass is 9.94. The van der Waals surface area contributed by atoms with Gasteiger partial charge in [-0.15, -0.1) is 0 Å². The van der Waals surface area contributed by atoms with E-state index in [1.54, 1.807) is 13.2 Å². The second kappa shape index (κ2) is 6.70. The van der Waals surface area contributed by atoms with Gasteiger partial charge in [0.05, 0.1) is 13.2 Å². The van der Waals surface area contributed by atoms with Gasteiger partial charge in [0.2, 0.25) is 0 Å². The summed E-state index contributed by atoms with van der Waals surface area (Å²) in [5.41, 5.74) is 6.85. The molecule has 0 saturated carbocycles. The first-order valence-electron chi connectivity index (χ1n) is 6.91. The summed E-state index contributed by atoms with van der Waals surface area (Å²) in [5.74, 6) is 6.25. The van der Waals surface area contributed by atoms with Gasteiger partial charge in [-0.1, -0.05) is 23.8 Å². The molecule has 0 aliphatic carbocycles. The highest BCUT2D eigenvalue weighted by Crippen LogP contribution is 2.27. The van der Waals surface area contributed by atoms with Crippen molar-refractivity contribution in [3.63, 3.8) is 0 Å². The van der Waals surface area contributed by atoms with Crippen molar-refractivity contribution in [2.45, 2.75) is 26.3 Å². The molecule has 0 fully saturated rings. The average Bonchev–Trinajstić information content (AvgIpc) is 2.47. The van der Waals surface area contributed by atoms with E-state index in [4.69, 9.17) is 10.6 Å². The summed E-state index contributed by atoms with van der Waals surface area (Å²) in [4.78, 5) is 0. The molecule has 0 spiro atoms. The Morgan fingerprint density at radius 3 is 2.62 bits per heavy atom. The van der Waals surface area contributed by atoms with Crippen LogP contribution in [0, 0.1) is 19.7 Å². The molecule has 1 atom stereocenters. The van der Waals surface area contributed by atoms with Crippen LogP contribution in [0.4, 0.5) is 4.39 Å². The average molecular weight is 288 g/mol. The number of rotatable bonds is 5. The lowest BCUT2D eigenvalue weighted by Crippen LogP contribution is -2.30. The third kappa shape index (κ3) is 3.60. The van der Waals surface area contributed by atoms with E-state index in [0.717, 1.165) is 28.0 Å². The predicted octanol–water partition coefficient (Wildman–Crippen LogP) is 3.20. The number of ether oxygens (including phenoxy) is 1. The molecule has 0 aliphatic heterocycles. The van der Waals surface area contributed by atoms with Crippen LogP contribution >= 0.6 is 0 Å². The molecule has 3 N–H and O–H groups in total. The number of methoxy groups -OCH3 is 1. The number of hydrogen-bond donors (Lipinski definition) is 2. The van der Waals surface area contributed by atoms with E-state index in [2.05, 4.69) is 11.5 Å². The van der Waals surface area contributed by atoms with Crippen molar-refractivity contribution >= 4 is 0 Å². The smallest absolute Gasteiger partial charge is 0.123 e. The van der Waals surface area contributed by atoms with Gasteiger partial charge in [0.15, 0.2) is 0 Å². The van der Waals surface area contributed by atoms with Crippen molar-refractivity contribution in [2.24, 2.45) is 5.84 Å². The topological polar surface area (TPSA) is 47.3 Å². The van der Waals surface area contributed by atoms with E-state index >= 15 is 0 Å². The minimum Gasteiger partial charge on any atom is -0.496 e. The first kappa shape index (κ1) is 15.5. The zero-order valence-electron chi connectivity index (χ0n) is 12.6. The molecule has 3 nitrogen and oxygen atoms in total. The van der Waals surface area contributed by atoms with Crippen LogP contribution in [0.2, 0.25) is 0 Å². The Hall–Kier alpha value is -1.91. The van der Waals surface area contributed by atoms with Crippen molar-refractivity contribution < 1.29 is 9.13 Å². The molecule has 4 heteroatoms. The fourth-order valence-electron chi connectivity index (χ4n) is 2.53. The fraction of sp³-hybridized carbons (Fsp3) is 0.294. The summed E-state index contributed by atoms with van der Waals surface area (Å²) in [5, 5.41) is 0. The number of nitrogens with one attached hydrogen (secondary N) is 1. The van der Waals surface area contributed by atoms with Gasteiger partial charge in [-0.3, -0.25) is 11.3 Å². The standard InChI is InChI=1S/C17H21FN2O/c1-11-4-7-17(21-3)13(8-11)9-16(20-19)15-10-14(18)6-5-12(15)2/h4-8,10,16,20H,9,19H2,1-3H3. The van der Waals surface area contributed by atoms with Crippen LogP contribution in [0.5, 0.6) is 5.75 Å². The van der Waals surface area contributed by atoms with E-state index in [0.29, 0.717) is 6.42 Å². The number of hydrogen-bond acceptors (Lipinski definition) is 3. The quantitative estimate of drug-likeness (QED) is 0.656. The molecule has 1 unspecified atom stereocenters. The summed E-state index contributed by atoms with van der Waals surface area (Å²) in [6.45, 7) is 3.98. The summed E-state index contributed by atoms with van der Waals surface area (Å²) in [6, 6.07) is 10.6. The van der Waals surface area contributed by atoms with Gasteiger partial charge in [-0.25, -0.2) is 4.39 Å². The zero-order valence-corrected chi connectivity index (χ0v) is 12.6. The third-order valence-corrected chi connectivity index (χ3v) is 3.68. The molecule has 0 bridgehead atoms. The summed E-state index contributed by atoms with van der Waals surface area (Å²) < 4.78 is 18.9. The monoisotopic (exact) mass is 288 g/mol. The van der Waals surface area contributed by atoms with Crippen LogP contribution in [-0.4, -0.2) is 7.11 Å². The van der Waals surface area contributed by atoms with Crippen molar-refractivity contribution in [3.05, 3.63) is 64.5 Å². The highest BCUT2D eigenvalue weighted by molar-refractivity contribution is 5.39. The number of halogens is 1. The lowest BCUT2D eigenvalue weighted by molar-refractivity contribution is 0.405. The lowest BCUT2D eigenvalue weighted by Gasteiger charge is -2.20. The van der Waals surface area contributed by atoms with Crippen LogP contribution in [0.1, 0.15) is 28.3 Å². The van der Waals surface area contributed by atoms with Gasteiger partial charge >= 0.3 is 0 Å². The molecule has 112 valence electrons. The molecule has 2 aromatic rings. The molecule has 0 heterocycles. The van der Waals surface area contributed by atoms with Gasteiger partial charge in [-0.2, -0.15) is 0 Å². The maximum absolute atomic E-state index is 13.5. The Labute approximate surface area is 124 Å². The summed E-state index contributed by atoms with van der Waals surface area (Å²) in [7, 11) is 1.65. The van der Waals surface area contributed by atoms with Gasteiger partial charge in [-0.05, 0) is 55.2 Å². The highest BCUT2D eigenvalue weighted by Gasteiger charge is 2.16. The molecule has 0 amide bonds. The van der Waals surface area contributed by atoms with E-state index in [-0.39, 0.29) is 11.9 Å². The van der Waals surface area contributed by atoms with Crippen molar-refractivity contribution in [1.82, 2.24) is 5.43 Å². The van der Waals surface area contributed by atoms with E-state index in [1.807, 2.05) is 26.0 Å². The SMILES string of the molecule is COc1ccc(C)cc1CC(NN)c1cc(F)ccc1C. The number of aryl methyl sites for hydroxylation is 2. The molecule has 0 saturated heterocycles. The molecule has 0 aromatic heterocycles. The molecular formula is C17H21FN2O. The Kier molecular flexibility index (Phi) is 4.94. The largest absolute Gasteiger partial charge is 0.496 e. The van der Waals surface area contributed by atoms with Crippen molar-refractivity contribution in [2.75, 3.05) is 7.11 Å². The van der Waals surface area contributed by atoms with Gasteiger partial charge in [0.25, 0.3) is 0 Å². The molecule has 0 aliphatic rings. The Bertz CT molecular complexity index is 628. The van der Waals surface area contributed by atoms with E-state index in [1.165, 1.54) is 12.1 Å². The molecule has 2 rings (SSSR count). The highest BCUT2D eigenvalue weighted by atomic mass is 19.1. The maximum atomic E-state index is 13.5. The Morgan fingerprint density at radius 2 is 1.95 bits per heavy atom. The number of benzene rings is 2. The van der Waals surface area contributed by atoms with Crippen LogP contribution in [0.15, 0.2) is 36.4 Å². The number of hydrazine groups is 1. The molecule has 21 heavy (non-hydrogen) atoms. The minimum absolute atomic E-state index is 0.170. The summed E-state index contributed by atoms with van der Waals surface area (Å²) >= 11 is 0. The molecule has 2 aromatic carbocycles. The van der Waals surface area contributed by atoms with Crippen molar-refractivity contribution in [1.29, 1.82) is 0 Å². The summed E-state index contributed by atoms with van der Waals surface area (Å²) in [6.07, 6.45) is 0.631. The Morgan fingerprint density at radius 1 is 1.19 bits per heavy atom. The van der Waals surface area contributed by atoms with E-state index in [9.17, 15) is 4.39 Å².